The monoisotopic (exact) mass is 753 g/mol. The van der Waals surface area contributed by atoms with Crippen molar-refractivity contribution in [3.05, 3.63) is 130 Å². The molecular weight excluding hydrogens is 722 g/mol. The highest BCUT2D eigenvalue weighted by Gasteiger charge is 2.50. The summed E-state index contributed by atoms with van der Waals surface area (Å²) in [4.78, 5) is 30.2. The summed E-state index contributed by atoms with van der Waals surface area (Å²) in [5.41, 5.74) is -0.239. The van der Waals surface area contributed by atoms with Gasteiger partial charge < -0.3 is 34.0 Å². The maximum atomic E-state index is 15.5. The van der Waals surface area contributed by atoms with E-state index < -0.39 is 72.3 Å². The number of aliphatic hydroxyl groups excluding tert-OH is 2. The fraction of sp³-hybridized carbons (Fsp3) is 0.220. The van der Waals surface area contributed by atoms with Gasteiger partial charge in [0.25, 0.3) is 11.8 Å². The molecule has 10 nitrogen and oxygen atoms in total. The van der Waals surface area contributed by atoms with Crippen molar-refractivity contribution in [2.24, 2.45) is 0 Å². The SMILES string of the molecule is O=C1NC(=O)c2c1c1c3cc(F)c(F)cc3[nH]c1c1c2c2cc(F)c(F)cc2n1[C@@H]1OC(CO)(CO)C[C@H](OCc2ccccc2)[C@H]1OCc1ccccc1. The van der Waals surface area contributed by atoms with E-state index in [0.717, 1.165) is 35.4 Å². The molecule has 4 N–H and O–H groups in total. The van der Waals surface area contributed by atoms with Crippen LogP contribution in [0.25, 0.3) is 43.6 Å². The molecule has 0 radical (unpaired) electrons. The third-order valence-electron chi connectivity index (χ3n) is 10.6. The number of amides is 2. The molecule has 5 aromatic carbocycles. The molecule has 1 fully saturated rings. The van der Waals surface area contributed by atoms with Crippen LogP contribution < -0.4 is 5.32 Å². The predicted octanol–water partition coefficient (Wildman–Crippen LogP) is 6.68. The maximum Gasteiger partial charge on any atom is 0.259 e. The molecule has 0 unspecified atom stereocenters. The van der Waals surface area contributed by atoms with E-state index in [9.17, 15) is 28.6 Å². The first-order valence-electron chi connectivity index (χ1n) is 17.5. The number of imide groups is 1. The minimum Gasteiger partial charge on any atom is -0.393 e. The van der Waals surface area contributed by atoms with Crippen molar-refractivity contribution in [1.29, 1.82) is 0 Å². The van der Waals surface area contributed by atoms with Crippen LogP contribution in [0.3, 0.4) is 0 Å². The van der Waals surface area contributed by atoms with Gasteiger partial charge in [-0.3, -0.25) is 14.9 Å². The van der Waals surface area contributed by atoms with Gasteiger partial charge in [0.2, 0.25) is 0 Å². The van der Waals surface area contributed by atoms with E-state index in [-0.39, 0.29) is 74.4 Å². The van der Waals surface area contributed by atoms with Crippen molar-refractivity contribution in [3.8, 4) is 0 Å². The number of hydrogen-bond donors (Lipinski definition) is 4. The Labute approximate surface area is 308 Å². The highest BCUT2D eigenvalue weighted by molar-refractivity contribution is 6.39. The first kappa shape index (κ1) is 35.1. The summed E-state index contributed by atoms with van der Waals surface area (Å²) in [6, 6.07) is 22.0. The van der Waals surface area contributed by atoms with Crippen LogP contribution >= 0.6 is 0 Å². The zero-order valence-electron chi connectivity index (χ0n) is 28.7. The van der Waals surface area contributed by atoms with Gasteiger partial charge in [-0.2, -0.15) is 0 Å². The second-order valence-electron chi connectivity index (χ2n) is 13.9. The number of aliphatic hydroxyl groups is 2. The quantitative estimate of drug-likeness (QED) is 0.0955. The van der Waals surface area contributed by atoms with Gasteiger partial charge in [0, 0.05) is 45.6 Å². The summed E-state index contributed by atoms with van der Waals surface area (Å²) in [5, 5.41) is 24.0. The molecule has 7 aromatic rings. The number of benzene rings is 5. The van der Waals surface area contributed by atoms with Gasteiger partial charge in [-0.05, 0) is 23.3 Å². The van der Waals surface area contributed by atoms with Crippen LogP contribution in [-0.4, -0.2) is 62.6 Å². The number of nitrogens with zero attached hydrogens (tertiary/aromatic N) is 1. The molecule has 1 saturated heterocycles. The third-order valence-corrected chi connectivity index (χ3v) is 10.6. The molecule has 2 aliphatic heterocycles. The van der Waals surface area contributed by atoms with Crippen LogP contribution in [0.15, 0.2) is 84.9 Å². The van der Waals surface area contributed by atoms with Crippen LogP contribution in [0, 0.1) is 23.3 Å². The molecule has 0 bridgehead atoms. The number of carbonyl (C=O) groups excluding carboxylic acids is 2. The molecule has 4 heterocycles. The van der Waals surface area contributed by atoms with Crippen molar-refractivity contribution in [1.82, 2.24) is 14.9 Å². The van der Waals surface area contributed by atoms with Crippen molar-refractivity contribution in [2.45, 2.75) is 43.7 Å². The number of aromatic amines is 1. The van der Waals surface area contributed by atoms with Crippen LogP contribution in [0.2, 0.25) is 0 Å². The lowest BCUT2D eigenvalue weighted by Crippen LogP contribution is -2.57. The number of rotatable bonds is 9. The minimum atomic E-state index is -1.67. The Hall–Kier alpha value is -5.64. The second kappa shape index (κ2) is 13.3. The van der Waals surface area contributed by atoms with Gasteiger partial charge in [-0.1, -0.05) is 60.7 Å². The molecular formula is C41H31F4N3O7. The molecule has 9 rings (SSSR count). The lowest BCUT2D eigenvalue weighted by Gasteiger charge is -2.47. The lowest BCUT2D eigenvalue weighted by molar-refractivity contribution is -0.280. The average Bonchev–Trinajstić information content (AvgIpc) is 3.81. The van der Waals surface area contributed by atoms with Crippen molar-refractivity contribution >= 4 is 55.4 Å². The van der Waals surface area contributed by atoms with Gasteiger partial charge in [0.15, 0.2) is 29.5 Å². The lowest BCUT2D eigenvalue weighted by atomic mass is 9.90. The highest BCUT2D eigenvalue weighted by atomic mass is 19.2. The van der Waals surface area contributed by atoms with E-state index in [4.69, 9.17) is 14.2 Å². The van der Waals surface area contributed by atoms with E-state index in [1.165, 1.54) is 4.57 Å². The maximum absolute atomic E-state index is 15.5. The van der Waals surface area contributed by atoms with E-state index in [2.05, 4.69) is 10.3 Å². The summed E-state index contributed by atoms with van der Waals surface area (Å²) < 4.78 is 81.5. The Kier molecular flexibility index (Phi) is 8.47. The van der Waals surface area contributed by atoms with Crippen LogP contribution in [-0.2, 0) is 27.4 Å². The van der Waals surface area contributed by atoms with Crippen molar-refractivity contribution in [3.63, 3.8) is 0 Å². The topological polar surface area (TPSA) is 135 Å². The summed E-state index contributed by atoms with van der Waals surface area (Å²) in [7, 11) is 0. The number of H-pyrrole nitrogens is 1. The zero-order valence-corrected chi connectivity index (χ0v) is 28.7. The molecule has 14 heteroatoms. The van der Waals surface area contributed by atoms with Crippen molar-refractivity contribution in [2.75, 3.05) is 13.2 Å². The molecule has 0 aliphatic carbocycles. The summed E-state index contributed by atoms with van der Waals surface area (Å²) in [6.07, 6.45) is -3.49. The highest BCUT2D eigenvalue weighted by Crippen LogP contribution is 2.48. The van der Waals surface area contributed by atoms with Gasteiger partial charge in [0.05, 0.1) is 60.2 Å². The second-order valence-corrected chi connectivity index (χ2v) is 13.9. The molecule has 2 aromatic heterocycles. The minimum absolute atomic E-state index is 0.00394. The van der Waals surface area contributed by atoms with E-state index in [1.54, 1.807) is 0 Å². The number of fused-ring (bicyclic) bond motifs is 10. The van der Waals surface area contributed by atoms with Crippen LogP contribution in [0.4, 0.5) is 17.6 Å². The number of carbonyl (C=O) groups is 2. The summed E-state index contributed by atoms with van der Waals surface area (Å²) >= 11 is 0. The van der Waals surface area contributed by atoms with Crippen molar-refractivity contribution < 1.29 is 51.6 Å². The molecule has 280 valence electrons. The summed E-state index contributed by atoms with van der Waals surface area (Å²) in [5.74, 6) is -6.58. The van der Waals surface area contributed by atoms with E-state index >= 15 is 8.78 Å². The summed E-state index contributed by atoms with van der Waals surface area (Å²) in [6.45, 7) is -1.27. The Bertz CT molecular complexity index is 2680. The van der Waals surface area contributed by atoms with Crippen LogP contribution in [0.5, 0.6) is 0 Å². The molecule has 0 saturated carbocycles. The van der Waals surface area contributed by atoms with E-state index in [0.29, 0.717) is 0 Å². The largest absolute Gasteiger partial charge is 0.393 e. The average molecular weight is 754 g/mol. The van der Waals surface area contributed by atoms with Gasteiger partial charge in [-0.15, -0.1) is 0 Å². The van der Waals surface area contributed by atoms with Crippen LogP contribution in [0.1, 0.15) is 44.5 Å². The molecule has 3 atom stereocenters. The molecule has 2 aliphatic rings. The number of hydrogen-bond acceptors (Lipinski definition) is 7. The molecule has 2 amide bonds. The first-order chi connectivity index (χ1) is 26.6. The first-order valence-corrected chi connectivity index (χ1v) is 17.5. The standard InChI is InChI=1S/C41H31F4N3O7/c42-24-11-22-28(13-26(24)44)46-35-31(22)33-34(39(52)47-38(33)51)32-23-12-25(43)27(45)14-29(23)48(36(32)35)40-37(54-17-21-9-5-2-6-10-21)30(15-41(18-49,19-50)55-40)53-16-20-7-3-1-4-8-20/h1-14,30,37,40,46,49-50H,15-19H2,(H,47,51,52)/t30-,37+,40+/m0/s1. The number of aromatic nitrogens is 2. The zero-order chi connectivity index (χ0) is 38.2. The van der Waals surface area contributed by atoms with Gasteiger partial charge >= 0.3 is 0 Å². The number of nitrogens with one attached hydrogen (secondary N) is 2. The Morgan fingerprint density at radius 3 is 1.95 bits per heavy atom. The molecule has 55 heavy (non-hydrogen) atoms. The Balaban J connectivity index is 1.37. The predicted molar refractivity (Wildman–Crippen MR) is 192 cm³/mol. The van der Waals surface area contributed by atoms with Gasteiger partial charge in [0.1, 0.15) is 11.7 Å². The third kappa shape index (κ3) is 5.59. The normalized spacial score (nSPS) is 19.6. The Morgan fingerprint density at radius 2 is 1.31 bits per heavy atom. The smallest absolute Gasteiger partial charge is 0.259 e. The fourth-order valence-electron chi connectivity index (χ4n) is 8.00. The number of ether oxygens (including phenoxy) is 3. The van der Waals surface area contributed by atoms with E-state index in [1.807, 2.05) is 60.7 Å². The molecule has 0 spiro atoms. The number of halogens is 4. The fourth-order valence-corrected chi connectivity index (χ4v) is 8.00. The Morgan fingerprint density at radius 1 is 0.745 bits per heavy atom. The van der Waals surface area contributed by atoms with Gasteiger partial charge in [-0.25, -0.2) is 17.6 Å².